The van der Waals surface area contributed by atoms with E-state index in [2.05, 4.69) is 10.3 Å². The Hall–Kier alpha value is -2.91. The van der Waals surface area contributed by atoms with Gasteiger partial charge in [0.2, 0.25) is 10.0 Å². The molecule has 11 nitrogen and oxygen atoms in total. The maximum Gasteiger partial charge on any atom is 0.243 e. The van der Waals surface area contributed by atoms with Crippen molar-refractivity contribution in [2.45, 2.75) is 46.8 Å². The maximum atomic E-state index is 13.5. The molecule has 232 valence electrons. The fourth-order valence-electron chi connectivity index (χ4n) is 5.53. The van der Waals surface area contributed by atoms with Crippen molar-refractivity contribution in [2.24, 2.45) is 0 Å². The first kappa shape index (κ1) is 31.5. The van der Waals surface area contributed by atoms with Crippen molar-refractivity contribution in [3.05, 3.63) is 73.1 Å². The van der Waals surface area contributed by atoms with Crippen molar-refractivity contribution < 1.29 is 36.5 Å². The summed E-state index contributed by atoms with van der Waals surface area (Å²) < 4.78 is 64.6. The molecule has 2 aliphatic heterocycles. The molecule has 0 aliphatic carbocycles. The number of nitrogens with one attached hydrogen (secondary N) is 1. The van der Waals surface area contributed by atoms with Crippen LogP contribution in [0.5, 0.6) is 5.75 Å². The number of ether oxygens (including phenoxy) is 2. The van der Waals surface area contributed by atoms with Gasteiger partial charge in [0.05, 0.1) is 34.4 Å². The molecule has 3 aromatic rings. The molecule has 2 aromatic carbocycles. The van der Waals surface area contributed by atoms with Gasteiger partial charge in [-0.3, -0.25) is 4.98 Å². The summed E-state index contributed by atoms with van der Waals surface area (Å²) in [7, 11) is -7.27. The Morgan fingerprint density at radius 1 is 1.02 bits per heavy atom. The zero-order valence-electron chi connectivity index (χ0n) is 23.7. The number of hydrogen-bond donors (Lipinski definition) is 3. The van der Waals surface area contributed by atoms with E-state index in [0.29, 0.717) is 44.7 Å². The van der Waals surface area contributed by atoms with Crippen molar-refractivity contribution in [3.8, 4) is 16.9 Å². The molecule has 2 atom stereocenters. The molecule has 1 aromatic heterocycles. The van der Waals surface area contributed by atoms with Gasteiger partial charge in [-0.05, 0) is 61.2 Å². The first-order chi connectivity index (χ1) is 20.6. The number of hydrogen-bond acceptors (Lipinski definition) is 10. The van der Waals surface area contributed by atoms with E-state index >= 15 is 0 Å². The van der Waals surface area contributed by atoms with Crippen molar-refractivity contribution in [3.63, 3.8) is 0 Å². The standard InChI is InChI=1S/C30H37N3O8S2/c34-14-15-42(36,37)28-7-2-6-27(17-28)40-22-26(35)20-32-25-18-30(41-21-25)9-12-33(13-10-30)43(38,39)29-8-1-4-23(16-29)24-5-3-11-31-19-24/h1-8,11,16-17,19,25-26,32,34-35H,9-10,12-15,18,20-22H2. The minimum Gasteiger partial charge on any atom is -0.491 e. The van der Waals surface area contributed by atoms with E-state index < -0.39 is 38.2 Å². The number of sulfone groups is 1. The fourth-order valence-corrected chi connectivity index (χ4v) is 8.07. The molecule has 0 bridgehead atoms. The van der Waals surface area contributed by atoms with Crippen molar-refractivity contribution in [1.29, 1.82) is 0 Å². The van der Waals surface area contributed by atoms with E-state index in [4.69, 9.17) is 14.6 Å². The Balaban J connectivity index is 1.09. The molecule has 1 spiro atoms. The number of sulfonamides is 1. The van der Waals surface area contributed by atoms with Crippen molar-refractivity contribution in [2.75, 3.05) is 45.2 Å². The molecule has 2 saturated heterocycles. The quantitative estimate of drug-likeness (QED) is 0.270. The lowest BCUT2D eigenvalue weighted by Gasteiger charge is -2.38. The predicted molar refractivity (Wildman–Crippen MR) is 160 cm³/mol. The molecule has 2 fully saturated rings. The summed E-state index contributed by atoms with van der Waals surface area (Å²) in [5, 5.41) is 22.7. The van der Waals surface area contributed by atoms with Crippen LogP contribution in [0.1, 0.15) is 19.3 Å². The van der Waals surface area contributed by atoms with E-state index in [9.17, 15) is 21.9 Å². The Morgan fingerprint density at radius 2 is 1.77 bits per heavy atom. The van der Waals surface area contributed by atoms with E-state index in [1.54, 1.807) is 42.7 Å². The van der Waals surface area contributed by atoms with Gasteiger partial charge in [0.15, 0.2) is 9.84 Å². The van der Waals surface area contributed by atoms with E-state index in [1.807, 2.05) is 18.2 Å². The molecule has 3 N–H and O–H groups in total. The minimum atomic E-state index is -3.67. The number of benzene rings is 2. The zero-order chi connectivity index (χ0) is 30.5. The van der Waals surface area contributed by atoms with Gasteiger partial charge in [0.25, 0.3) is 0 Å². The van der Waals surface area contributed by atoms with E-state index in [1.165, 1.54) is 16.4 Å². The van der Waals surface area contributed by atoms with E-state index in [0.717, 1.165) is 11.1 Å². The van der Waals surface area contributed by atoms with Crippen LogP contribution in [-0.2, 0) is 24.6 Å². The highest BCUT2D eigenvalue weighted by molar-refractivity contribution is 7.91. The third-order valence-electron chi connectivity index (χ3n) is 7.92. The molecular formula is C30H37N3O8S2. The lowest BCUT2D eigenvalue weighted by atomic mass is 9.88. The summed E-state index contributed by atoms with van der Waals surface area (Å²) in [5.41, 5.74) is 1.23. The van der Waals surface area contributed by atoms with Crippen LogP contribution in [0.2, 0.25) is 0 Å². The number of piperidine rings is 1. The number of pyridine rings is 1. The smallest absolute Gasteiger partial charge is 0.243 e. The van der Waals surface area contributed by atoms with Crippen LogP contribution in [0.4, 0.5) is 0 Å². The maximum absolute atomic E-state index is 13.5. The molecular weight excluding hydrogens is 594 g/mol. The van der Waals surface area contributed by atoms with Crippen LogP contribution < -0.4 is 10.1 Å². The average Bonchev–Trinajstić information content (AvgIpc) is 3.41. The number of aliphatic hydroxyl groups excluding tert-OH is 2. The van der Waals surface area contributed by atoms with Gasteiger partial charge in [-0.2, -0.15) is 4.31 Å². The molecule has 0 radical (unpaired) electrons. The minimum absolute atomic E-state index is 0.000855. The lowest BCUT2D eigenvalue weighted by Crippen LogP contribution is -2.47. The molecule has 2 unspecified atom stereocenters. The van der Waals surface area contributed by atoms with Gasteiger partial charge >= 0.3 is 0 Å². The van der Waals surface area contributed by atoms with Crippen LogP contribution in [0.3, 0.4) is 0 Å². The monoisotopic (exact) mass is 631 g/mol. The van der Waals surface area contributed by atoms with Crippen molar-refractivity contribution >= 4 is 19.9 Å². The normalized spacial score (nSPS) is 19.8. The predicted octanol–water partition coefficient (Wildman–Crippen LogP) is 1.86. The van der Waals surface area contributed by atoms with Gasteiger partial charge in [0, 0.05) is 43.6 Å². The lowest BCUT2D eigenvalue weighted by molar-refractivity contribution is -0.0312. The Labute approximate surface area is 252 Å². The fraction of sp³-hybridized carbons (Fsp3) is 0.433. The molecule has 2 aliphatic rings. The van der Waals surface area contributed by atoms with E-state index in [-0.39, 0.29) is 34.7 Å². The number of nitrogens with zero attached hydrogens (tertiary/aromatic N) is 2. The topological polar surface area (TPSA) is 155 Å². The van der Waals surface area contributed by atoms with Crippen LogP contribution in [0, 0.1) is 0 Å². The Morgan fingerprint density at radius 3 is 2.51 bits per heavy atom. The van der Waals surface area contributed by atoms with Gasteiger partial charge in [-0.1, -0.05) is 24.3 Å². The Bertz CT molecular complexity index is 1590. The second-order valence-electron chi connectivity index (χ2n) is 11.0. The first-order valence-electron chi connectivity index (χ1n) is 14.2. The van der Waals surface area contributed by atoms with Gasteiger partial charge < -0.3 is 25.0 Å². The average molecular weight is 632 g/mol. The molecule has 5 rings (SSSR count). The third kappa shape index (κ3) is 7.60. The highest BCUT2D eigenvalue weighted by atomic mass is 32.2. The molecule has 3 heterocycles. The number of aromatic nitrogens is 1. The first-order valence-corrected chi connectivity index (χ1v) is 17.3. The molecule has 13 heteroatoms. The Kier molecular flexibility index (Phi) is 9.81. The third-order valence-corrected chi connectivity index (χ3v) is 11.5. The van der Waals surface area contributed by atoms with Gasteiger partial charge in [0.1, 0.15) is 18.5 Å². The van der Waals surface area contributed by atoms with Crippen LogP contribution in [0.25, 0.3) is 11.1 Å². The number of rotatable bonds is 12. The molecule has 43 heavy (non-hydrogen) atoms. The number of aliphatic hydroxyl groups is 2. The second kappa shape index (κ2) is 13.4. The molecule has 0 amide bonds. The highest BCUT2D eigenvalue weighted by Crippen LogP contribution is 2.37. The van der Waals surface area contributed by atoms with Gasteiger partial charge in [-0.15, -0.1) is 0 Å². The second-order valence-corrected chi connectivity index (χ2v) is 15.0. The van der Waals surface area contributed by atoms with Crippen LogP contribution in [-0.4, -0.2) is 99.3 Å². The largest absolute Gasteiger partial charge is 0.491 e. The highest BCUT2D eigenvalue weighted by Gasteiger charge is 2.44. The summed E-state index contributed by atoms with van der Waals surface area (Å²) in [5.74, 6) is -0.0607. The van der Waals surface area contributed by atoms with Crippen LogP contribution in [0.15, 0.2) is 82.8 Å². The summed E-state index contributed by atoms with van der Waals surface area (Å²) in [6.45, 7) is 0.914. The summed E-state index contributed by atoms with van der Waals surface area (Å²) in [6.07, 6.45) is 4.40. The van der Waals surface area contributed by atoms with Crippen LogP contribution >= 0.6 is 0 Å². The summed E-state index contributed by atoms with van der Waals surface area (Å²) in [4.78, 5) is 4.43. The molecule has 0 saturated carbocycles. The SMILES string of the molecule is O=S(=O)(CCO)c1cccc(OCC(O)CNC2COC3(CCN(S(=O)(=O)c4cccc(-c5cccnc5)c4)CC3)C2)c1. The summed E-state index contributed by atoms with van der Waals surface area (Å²) >= 11 is 0. The van der Waals surface area contributed by atoms with Crippen molar-refractivity contribution in [1.82, 2.24) is 14.6 Å². The zero-order valence-corrected chi connectivity index (χ0v) is 25.3. The van der Waals surface area contributed by atoms with Gasteiger partial charge in [-0.25, -0.2) is 16.8 Å². The summed E-state index contributed by atoms with van der Waals surface area (Å²) in [6, 6.07) is 16.6.